The predicted molar refractivity (Wildman–Crippen MR) is 62.9 cm³/mol. The van der Waals surface area contributed by atoms with E-state index < -0.39 is 11.4 Å². The van der Waals surface area contributed by atoms with Gasteiger partial charge in [0, 0.05) is 18.5 Å². The average molecular weight is 280 g/mol. The molecule has 0 atom stereocenters. The van der Waals surface area contributed by atoms with Gasteiger partial charge in [-0.2, -0.15) is 13.2 Å². The molecule has 0 aliphatic rings. The highest BCUT2D eigenvalue weighted by atomic mass is 32.2. The molecule has 18 heavy (non-hydrogen) atoms. The molecule has 0 radical (unpaired) electrons. The number of nitrogen functional groups attached to an aromatic ring is 1. The molecule has 0 saturated carbocycles. The van der Waals surface area contributed by atoms with Gasteiger partial charge in [-0.3, -0.25) is 15.6 Å². The van der Waals surface area contributed by atoms with Crippen molar-refractivity contribution in [1.82, 2.24) is 10.3 Å². The summed E-state index contributed by atoms with van der Waals surface area (Å²) in [5.41, 5.74) is -1.38. The summed E-state index contributed by atoms with van der Waals surface area (Å²) in [6.07, 6.45) is 1.37. The van der Waals surface area contributed by atoms with Gasteiger partial charge in [-0.15, -0.1) is 0 Å². The Morgan fingerprint density at radius 3 is 2.83 bits per heavy atom. The van der Waals surface area contributed by atoms with Crippen LogP contribution >= 0.6 is 11.8 Å². The smallest absolute Gasteiger partial charge is 0.350 e. The topological polar surface area (TPSA) is 80.0 Å². The van der Waals surface area contributed by atoms with E-state index in [4.69, 9.17) is 5.84 Å². The summed E-state index contributed by atoms with van der Waals surface area (Å²) in [5.74, 6) is 4.36. The highest BCUT2D eigenvalue weighted by Gasteiger charge is 2.27. The van der Waals surface area contributed by atoms with Crippen LogP contribution in [-0.2, 0) is 0 Å². The van der Waals surface area contributed by atoms with Gasteiger partial charge in [-0.1, -0.05) is 0 Å². The minimum absolute atomic E-state index is 0.0856. The Morgan fingerprint density at radius 1 is 1.50 bits per heavy atom. The van der Waals surface area contributed by atoms with Crippen molar-refractivity contribution in [2.45, 2.75) is 5.51 Å². The van der Waals surface area contributed by atoms with Gasteiger partial charge in [-0.05, 0) is 23.9 Å². The maximum Gasteiger partial charge on any atom is 0.441 e. The van der Waals surface area contributed by atoms with E-state index in [0.717, 1.165) is 0 Å². The van der Waals surface area contributed by atoms with Gasteiger partial charge in [0.2, 0.25) is 0 Å². The fourth-order valence-electron chi connectivity index (χ4n) is 1.07. The summed E-state index contributed by atoms with van der Waals surface area (Å²) in [5, 5.41) is 2.33. The van der Waals surface area contributed by atoms with Crippen LogP contribution in [0, 0.1) is 0 Å². The molecule has 1 rings (SSSR count). The molecule has 0 bridgehead atoms. The first kappa shape index (κ1) is 14.6. The molecule has 0 aliphatic carbocycles. The number of anilines is 1. The monoisotopic (exact) mass is 280 g/mol. The van der Waals surface area contributed by atoms with Crippen LogP contribution in [0.4, 0.5) is 18.9 Å². The van der Waals surface area contributed by atoms with Crippen LogP contribution in [0.25, 0.3) is 0 Å². The molecule has 5 nitrogen and oxygen atoms in total. The quantitative estimate of drug-likeness (QED) is 0.431. The Bertz CT molecular complexity index is 413. The zero-order valence-electron chi connectivity index (χ0n) is 9.12. The van der Waals surface area contributed by atoms with Crippen molar-refractivity contribution < 1.29 is 18.0 Å². The van der Waals surface area contributed by atoms with Crippen molar-refractivity contribution in [3.05, 3.63) is 24.0 Å². The molecule has 1 heterocycles. The Kier molecular flexibility index (Phi) is 5.23. The van der Waals surface area contributed by atoms with E-state index in [1.54, 1.807) is 6.07 Å². The number of nitrogens with one attached hydrogen (secondary N) is 2. The minimum Gasteiger partial charge on any atom is -0.350 e. The van der Waals surface area contributed by atoms with Crippen LogP contribution in [0.15, 0.2) is 18.3 Å². The van der Waals surface area contributed by atoms with Crippen LogP contribution < -0.4 is 16.6 Å². The third kappa shape index (κ3) is 5.23. The number of nitrogens with two attached hydrogens (primary N) is 1. The molecule has 0 spiro atoms. The van der Waals surface area contributed by atoms with E-state index in [0.29, 0.717) is 5.69 Å². The van der Waals surface area contributed by atoms with Gasteiger partial charge in [0.05, 0.1) is 5.69 Å². The molecule has 0 aromatic carbocycles. The van der Waals surface area contributed by atoms with Gasteiger partial charge in [-0.25, -0.2) is 0 Å². The summed E-state index contributed by atoms with van der Waals surface area (Å²) in [6.45, 7) is -0.0923. The molecule has 1 amide bonds. The van der Waals surface area contributed by atoms with Crippen LogP contribution in [0.5, 0.6) is 0 Å². The van der Waals surface area contributed by atoms with Gasteiger partial charge in [0.15, 0.2) is 0 Å². The van der Waals surface area contributed by atoms with Crippen LogP contribution in [0.1, 0.15) is 10.5 Å². The number of carbonyl (C=O) groups excluding carboxylic acids is 1. The first-order valence-electron chi connectivity index (χ1n) is 4.84. The number of alkyl halides is 3. The van der Waals surface area contributed by atoms with Crippen molar-refractivity contribution in [3.8, 4) is 0 Å². The predicted octanol–water partition coefficient (Wildman–Crippen LogP) is 1.35. The lowest BCUT2D eigenvalue weighted by atomic mass is 10.3. The Balaban J connectivity index is 2.41. The molecule has 0 saturated heterocycles. The maximum atomic E-state index is 11.8. The molecular weight excluding hydrogens is 269 g/mol. The SMILES string of the molecule is NNc1ccnc(C(=O)NCCSC(F)(F)F)c1. The first-order valence-corrected chi connectivity index (χ1v) is 5.82. The number of carbonyl (C=O) groups is 1. The van der Waals surface area contributed by atoms with E-state index in [-0.39, 0.29) is 29.8 Å². The number of hydrogen-bond donors (Lipinski definition) is 3. The zero-order valence-corrected chi connectivity index (χ0v) is 9.94. The molecule has 1 aromatic heterocycles. The van der Waals surface area contributed by atoms with Crippen molar-refractivity contribution in [1.29, 1.82) is 0 Å². The summed E-state index contributed by atoms with van der Waals surface area (Å²) >= 11 is -0.189. The molecule has 4 N–H and O–H groups in total. The lowest BCUT2D eigenvalue weighted by Crippen LogP contribution is -2.27. The van der Waals surface area contributed by atoms with E-state index in [1.165, 1.54) is 12.3 Å². The number of aromatic nitrogens is 1. The van der Waals surface area contributed by atoms with Gasteiger partial charge >= 0.3 is 5.51 Å². The van der Waals surface area contributed by atoms with E-state index >= 15 is 0 Å². The van der Waals surface area contributed by atoms with Gasteiger partial charge < -0.3 is 10.7 Å². The number of amides is 1. The number of hydrazine groups is 1. The third-order valence-electron chi connectivity index (χ3n) is 1.81. The highest BCUT2D eigenvalue weighted by Crippen LogP contribution is 2.29. The molecule has 100 valence electrons. The lowest BCUT2D eigenvalue weighted by Gasteiger charge is -2.07. The zero-order chi connectivity index (χ0) is 13.6. The van der Waals surface area contributed by atoms with Crippen molar-refractivity contribution in [2.24, 2.45) is 5.84 Å². The number of thioether (sulfide) groups is 1. The number of rotatable bonds is 5. The molecular formula is C9H11F3N4OS. The molecule has 0 aliphatic heterocycles. The van der Waals surface area contributed by atoms with Gasteiger partial charge in [0.1, 0.15) is 5.69 Å². The largest absolute Gasteiger partial charge is 0.441 e. The molecule has 1 aromatic rings. The number of nitrogens with zero attached hydrogens (tertiary/aromatic N) is 1. The third-order valence-corrected chi connectivity index (χ3v) is 2.55. The second kappa shape index (κ2) is 6.45. The Hall–Kier alpha value is -1.48. The van der Waals surface area contributed by atoms with Gasteiger partial charge in [0.25, 0.3) is 5.91 Å². The fourth-order valence-corrected chi connectivity index (χ4v) is 1.50. The minimum atomic E-state index is -4.29. The van der Waals surface area contributed by atoms with E-state index in [9.17, 15) is 18.0 Å². The highest BCUT2D eigenvalue weighted by molar-refractivity contribution is 8.00. The Morgan fingerprint density at radius 2 is 2.22 bits per heavy atom. The van der Waals surface area contributed by atoms with Crippen LogP contribution in [0.3, 0.4) is 0 Å². The average Bonchev–Trinajstić information content (AvgIpc) is 2.33. The lowest BCUT2D eigenvalue weighted by molar-refractivity contribution is -0.0327. The molecule has 9 heteroatoms. The summed E-state index contributed by atoms with van der Waals surface area (Å²) in [4.78, 5) is 15.3. The molecule has 0 fully saturated rings. The second-order valence-corrected chi connectivity index (χ2v) is 4.28. The maximum absolute atomic E-state index is 11.8. The fraction of sp³-hybridized carbons (Fsp3) is 0.333. The summed E-state index contributed by atoms with van der Waals surface area (Å²) in [6, 6.07) is 2.95. The summed E-state index contributed by atoms with van der Waals surface area (Å²) in [7, 11) is 0. The normalized spacial score (nSPS) is 11.1. The molecule has 0 unspecified atom stereocenters. The standard InChI is InChI=1S/C9H11F3N4OS/c10-9(11,12)18-4-3-15-8(17)7-5-6(16-13)1-2-14-7/h1-2,5H,3-4,13H2,(H,14,16)(H,15,17). The second-order valence-electron chi connectivity index (χ2n) is 3.12. The van der Waals surface area contributed by atoms with E-state index in [2.05, 4.69) is 15.7 Å². The van der Waals surface area contributed by atoms with Crippen molar-refractivity contribution in [2.75, 3.05) is 17.7 Å². The number of halogens is 3. The Labute approximate surface area is 105 Å². The number of hydrogen-bond acceptors (Lipinski definition) is 5. The van der Waals surface area contributed by atoms with E-state index in [1.807, 2.05) is 0 Å². The van der Waals surface area contributed by atoms with Crippen molar-refractivity contribution in [3.63, 3.8) is 0 Å². The first-order chi connectivity index (χ1) is 8.42. The number of pyridine rings is 1. The van der Waals surface area contributed by atoms with Crippen LogP contribution in [0.2, 0.25) is 0 Å². The van der Waals surface area contributed by atoms with Crippen LogP contribution in [-0.4, -0.2) is 28.7 Å². The summed E-state index contributed by atoms with van der Waals surface area (Å²) < 4.78 is 35.5. The van der Waals surface area contributed by atoms with Crippen molar-refractivity contribution >= 4 is 23.4 Å².